The molecule has 0 radical (unpaired) electrons. The molecule has 0 aliphatic heterocycles. The molecule has 2 N–H and O–H groups in total. The van der Waals surface area contributed by atoms with Crippen molar-refractivity contribution in [1.82, 2.24) is 20.1 Å². The van der Waals surface area contributed by atoms with Crippen molar-refractivity contribution >= 4 is 26.6 Å². The van der Waals surface area contributed by atoms with Gasteiger partial charge in [-0.3, -0.25) is 14.3 Å². The average molecular weight is 457 g/mol. The van der Waals surface area contributed by atoms with Gasteiger partial charge in [-0.2, -0.15) is 5.10 Å². The van der Waals surface area contributed by atoms with E-state index in [9.17, 15) is 18.0 Å². The van der Waals surface area contributed by atoms with Crippen molar-refractivity contribution in [2.24, 2.45) is 0 Å². The molecule has 1 saturated carbocycles. The van der Waals surface area contributed by atoms with Gasteiger partial charge in [0.25, 0.3) is 11.5 Å². The van der Waals surface area contributed by atoms with Crippen LogP contribution in [0.2, 0.25) is 0 Å². The fourth-order valence-corrected chi connectivity index (χ4v) is 5.71. The van der Waals surface area contributed by atoms with Gasteiger partial charge in [0.2, 0.25) is 0 Å². The molecule has 2 aromatic heterocycles. The summed E-state index contributed by atoms with van der Waals surface area (Å²) in [5.41, 5.74) is 2.76. The maximum Gasteiger partial charge on any atom is 0.253 e. The molecule has 1 aliphatic rings. The first-order chi connectivity index (χ1) is 15.1. The van der Waals surface area contributed by atoms with Gasteiger partial charge in [-0.25, -0.2) is 8.42 Å². The molecule has 9 heteroatoms. The molecule has 0 unspecified atom stereocenters. The second-order valence-electron chi connectivity index (χ2n) is 8.65. The van der Waals surface area contributed by atoms with Crippen molar-refractivity contribution in [3.8, 4) is 0 Å². The zero-order chi connectivity index (χ0) is 23.2. The summed E-state index contributed by atoms with van der Waals surface area (Å²) < 4.78 is 27.6. The van der Waals surface area contributed by atoms with Gasteiger partial charge < -0.3 is 10.3 Å². The lowest BCUT2D eigenvalue weighted by molar-refractivity contribution is 0.0952. The number of rotatable bonds is 7. The molecule has 4 rings (SSSR count). The van der Waals surface area contributed by atoms with Gasteiger partial charge in [-0.15, -0.1) is 0 Å². The third-order valence-electron chi connectivity index (χ3n) is 5.89. The number of carbonyl (C=O) groups is 1. The zero-order valence-corrected chi connectivity index (χ0v) is 19.5. The summed E-state index contributed by atoms with van der Waals surface area (Å²) in [6.45, 7) is 7.72. The molecule has 2 heterocycles. The smallest absolute Gasteiger partial charge is 0.253 e. The number of hydrogen-bond acceptors (Lipinski definition) is 5. The molecule has 32 heavy (non-hydrogen) atoms. The number of aromatic nitrogens is 3. The van der Waals surface area contributed by atoms with E-state index in [2.05, 4.69) is 15.4 Å². The number of carbonyl (C=O) groups excluding carboxylic acids is 1. The monoisotopic (exact) mass is 456 g/mol. The van der Waals surface area contributed by atoms with Gasteiger partial charge in [0.1, 0.15) is 0 Å². The van der Waals surface area contributed by atoms with Crippen LogP contribution in [-0.2, 0) is 22.8 Å². The van der Waals surface area contributed by atoms with Crippen LogP contribution in [0.1, 0.15) is 66.8 Å². The van der Waals surface area contributed by atoms with Crippen molar-refractivity contribution in [2.75, 3.05) is 0 Å². The minimum absolute atomic E-state index is 0.000481. The van der Waals surface area contributed by atoms with Crippen LogP contribution in [-0.4, -0.2) is 34.3 Å². The van der Waals surface area contributed by atoms with Crippen molar-refractivity contribution in [1.29, 1.82) is 0 Å². The Balaban J connectivity index is 1.75. The predicted molar refractivity (Wildman–Crippen MR) is 123 cm³/mol. The topological polar surface area (TPSA) is 114 Å². The normalized spacial score (nSPS) is 14.3. The predicted octanol–water partition coefficient (Wildman–Crippen LogP) is 3.04. The van der Waals surface area contributed by atoms with E-state index < -0.39 is 15.7 Å². The van der Waals surface area contributed by atoms with Crippen molar-refractivity contribution < 1.29 is 13.2 Å². The van der Waals surface area contributed by atoms with Crippen LogP contribution in [0, 0.1) is 6.92 Å². The summed E-state index contributed by atoms with van der Waals surface area (Å²) in [6, 6.07) is 4.96. The lowest BCUT2D eigenvalue weighted by Gasteiger charge is -2.13. The number of sulfone groups is 1. The Kier molecular flexibility index (Phi) is 5.70. The lowest BCUT2D eigenvalue weighted by atomic mass is 10.1. The maximum atomic E-state index is 13.2. The van der Waals surface area contributed by atoms with Crippen LogP contribution in [0.4, 0.5) is 0 Å². The molecule has 8 nitrogen and oxygen atoms in total. The zero-order valence-electron chi connectivity index (χ0n) is 18.7. The summed E-state index contributed by atoms with van der Waals surface area (Å²) in [4.78, 5) is 28.5. The van der Waals surface area contributed by atoms with E-state index in [4.69, 9.17) is 0 Å². The Morgan fingerprint density at radius 1 is 1.28 bits per heavy atom. The Morgan fingerprint density at radius 2 is 2.00 bits per heavy atom. The molecule has 3 aromatic rings. The van der Waals surface area contributed by atoms with E-state index in [1.54, 1.807) is 16.9 Å². The van der Waals surface area contributed by atoms with Gasteiger partial charge in [0.15, 0.2) is 9.84 Å². The minimum Gasteiger partial charge on any atom is -0.348 e. The highest BCUT2D eigenvalue weighted by Gasteiger charge is 2.37. The van der Waals surface area contributed by atoms with Crippen LogP contribution >= 0.6 is 0 Å². The molecule has 1 aromatic carbocycles. The Bertz CT molecular complexity index is 1360. The number of hydrogen-bond donors (Lipinski definition) is 2. The highest BCUT2D eigenvalue weighted by atomic mass is 32.2. The van der Waals surface area contributed by atoms with E-state index in [-0.39, 0.29) is 33.9 Å². The largest absolute Gasteiger partial charge is 0.348 e. The summed E-state index contributed by atoms with van der Waals surface area (Å²) in [5, 5.41) is 7.39. The molecule has 0 saturated heterocycles. The fraction of sp³-hybridized carbons (Fsp3) is 0.435. The van der Waals surface area contributed by atoms with Gasteiger partial charge in [-0.1, -0.05) is 6.92 Å². The Morgan fingerprint density at radius 3 is 2.62 bits per heavy atom. The Labute approximate surface area is 187 Å². The highest BCUT2D eigenvalue weighted by molar-refractivity contribution is 7.92. The van der Waals surface area contributed by atoms with E-state index in [1.807, 2.05) is 33.8 Å². The first kappa shape index (κ1) is 22.3. The van der Waals surface area contributed by atoms with Crippen molar-refractivity contribution in [2.45, 2.75) is 69.7 Å². The maximum absolute atomic E-state index is 13.2. The van der Waals surface area contributed by atoms with Crippen LogP contribution in [0.25, 0.3) is 10.9 Å². The van der Waals surface area contributed by atoms with E-state index in [0.717, 1.165) is 11.3 Å². The van der Waals surface area contributed by atoms with Crippen molar-refractivity contribution in [3.05, 3.63) is 57.1 Å². The SMILES string of the molecule is CCc1cc(C)[nH]c(=O)c1CNC(=O)c1cc(S(=O)(=O)C2CC2)cc2c1cnn2C(C)C. The summed E-state index contributed by atoms with van der Waals surface area (Å²) in [5.74, 6) is -0.437. The molecule has 1 fully saturated rings. The number of nitrogens with one attached hydrogen (secondary N) is 2. The third kappa shape index (κ3) is 3.97. The molecule has 0 atom stereocenters. The molecule has 1 aliphatic carbocycles. The van der Waals surface area contributed by atoms with Gasteiger partial charge in [-0.05, 0) is 63.8 Å². The van der Waals surface area contributed by atoms with Gasteiger partial charge in [0.05, 0.1) is 27.4 Å². The third-order valence-corrected chi connectivity index (χ3v) is 8.13. The van der Waals surface area contributed by atoms with Crippen LogP contribution < -0.4 is 10.9 Å². The molecule has 1 amide bonds. The summed E-state index contributed by atoms with van der Waals surface area (Å²) >= 11 is 0. The molecule has 170 valence electrons. The second-order valence-corrected chi connectivity index (χ2v) is 10.9. The number of fused-ring (bicyclic) bond motifs is 1. The first-order valence-corrected chi connectivity index (χ1v) is 12.4. The highest BCUT2D eigenvalue weighted by Crippen LogP contribution is 2.36. The number of aromatic amines is 1. The number of benzene rings is 1. The van der Waals surface area contributed by atoms with E-state index in [0.29, 0.717) is 35.7 Å². The van der Waals surface area contributed by atoms with Crippen LogP contribution in [0.3, 0.4) is 0 Å². The number of amides is 1. The molecular formula is C23H28N4O4S. The van der Waals surface area contributed by atoms with Crippen LogP contribution in [0.5, 0.6) is 0 Å². The molecule has 0 bridgehead atoms. The number of H-pyrrole nitrogens is 1. The second kappa shape index (κ2) is 8.20. The molecule has 0 spiro atoms. The van der Waals surface area contributed by atoms with E-state index in [1.165, 1.54) is 6.07 Å². The summed E-state index contributed by atoms with van der Waals surface area (Å²) in [7, 11) is -3.50. The number of pyridine rings is 1. The fourth-order valence-electron chi connectivity index (χ4n) is 4.01. The number of aryl methyl sites for hydroxylation is 2. The van der Waals surface area contributed by atoms with Gasteiger partial charge in [0, 0.05) is 29.2 Å². The van der Waals surface area contributed by atoms with E-state index >= 15 is 0 Å². The number of nitrogens with zero attached hydrogens (tertiary/aromatic N) is 2. The lowest BCUT2D eigenvalue weighted by Crippen LogP contribution is -2.28. The summed E-state index contributed by atoms with van der Waals surface area (Å²) in [6.07, 6.45) is 3.53. The van der Waals surface area contributed by atoms with Gasteiger partial charge >= 0.3 is 0 Å². The standard InChI is InChI=1S/C23H28N4O4S/c1-5-15-8-14(4)26-23(29)19(15)11-24-22(28)18-9-17(32(30,31)16-6-7-16)10-21-20(18)12-25-27(21)13(2)3/h8-10,12-13,16H,5-7,11H2,1-4H3,(H,24,28)(H,26,29). The quantitative estimate of drug-likeness (QED) is 0.567. The van der Waals surface area contributed by atoms with Crippen molar-refractivity contribution in [3.63, 3.8) is 0 Å². The minimum atomic E-state index is -3.50. The first-order valence-electron chi connectivity index (χ1n) is 10.9. The van der Waals surface area contributed by atoms with Crippen LogP contribution in [0.15, 0.2) is 34.1 Å². The average Bonchev–Trinajstić information content (AvgIpc) is 3.51. The Hall–Kier alpha value is -2.94. The molecular weight excluding hydrogens is 428 g/mol.